The molecule has 3 rings (SSSR count). The molecule has 0 fully saturated rings. The zero-order valence-electron chi connectivity index (χ0n) is 22.9. The van der Waals surface area contributed by atoms with Gasteiger partial charge in [0.25, 0.3) is 11.8 Å². The zero-order chi connectivity index (χ0) is 29.0. The summed E-state index contributed by atoms with van der Waals surface area (Å²) in [6.45, 7) is 10.9. The van der Waals surface area contributed by atoms with Gasteiger partial charge in [-0.15, -0.1) is 0 Å². The van der Waals surface area contributed by atoms with Gasteiger partial charge >= 0.3 is 0 Å². The molecule has 4 N–H and O–H groups in total. The van der Waals surface area contributed by atoms with Crippen molar-refractivity contribution in [2.24, 2.45) is 10.8 Å². The Morgan fingerprint density at radius 2 is 0.923 bits per heavy atom. The van der Waals surface area contributed by atoms with Crippen LogP contribution in [-0.4, -0.2) is 23.6 Å². The van der Waals surface area contributed by atoms with Gasteiger partial charge in [-0.1, -0.05) is 53.1 Å². The van der Waals surface area contributed by atoms with Crippen molar-refractivity contribution in [1.82, 2.24) is 0 Å². The second-order valence-electron chi connectivity index (χ2n) is 11.2. The molecule has 0 aliphatic rings. The highest BCUT2D eigenvalue weighted by Gasteiger charge is 2.22. The number of hydrogen-bond donors (Lipinski definition) is 4. The molecule has 4 amide bonds. The van der Waals surface area contributed by atoms with Crippen molar-refractivity contribution in [3.05, 3.63) is 82.9 Å². The second-order valence-corrected chi connectivity index (χ2v) is 11.6. The molecule has 204 valence electrons. The fraction of sp³-hybridized carbons (Fsp3) is 0.267. The van der Waals surface area contributed by atoms with Crippen LogP contribution < -0.4 is 21.3 Å². The van der Waals surface area contributed by atoms with Gasteiger partial charge in [0.2, 0.25) is 11.8 Å². The molecule has 0 aliphatic heterocycles. The average molecular weight is 549 g/mol. The van der Waals surface area contributed by atoms with Crippen LogP contribution in [0.5, 0.6) is 0 Å². The van der Waals surface area contributed by atoms with Crippen LogP contribution in [0.4, 0.5) is 22.7 Å². The maximum absolute atomic E-state index is 12.7. The topological polar surface area (TPSA) is 116 Å². The third kappa shape index (κ3) is 8.15. The van der Waals surface area contributed by atoms with Gasteiger partial charge in [-0.2, -0.15) is 0 Å². The number of hydrogen-bond acceptors (Lipinski definition) is 4. The summed E-state index contributed by atoms with van der Waals surface area (Å²) >= 11 is 6.37. The summed E-state index contributed by atoms with van der Waals surface area (Å²) in [5.41, 5.74) is 1.74. The van der Waals surface area contributed by atoms with Crippen LogP contribution in [0, 0.1) is 10.8 Å². The number of carbonyl (C=O) groups excluding carboxylic acids is 4. The zero-order valence-corrected chi connectivity index (χ0v) is 23.6. The van der Waals surface area contributed by atoms with Crippen molar-refractivity contribution in [1.29, 1.82) is 0 Å². The molecule has 0 radical (unpaired) electrons. The summed E-state index contributed by atoms with van der Waals surface area (Å²) in [7, 11) is 0. The van der Waals surface area contributed by atoms with Gasteiger partial charge in [0, 0.05) is 39.0 Å². The summed E-state index contributed by atoms with van der Waals surface area (Å²) in [4.78, 5) is 49.7. The lowest BCUT2D eigenvalue weighted by molar-refractivity contribution is -0.123. The Hall–Kier alpha value is -4.17. The molecule has 39 heavy (non-hydrogen) atoms. The van der Waals surface area contributed by atoms with Gasteiger partial charge in [0.15, 0.2) is 0 Å². The van der Waals surface area contributed by atoms with E-state index >= 15 is 0 Å². The fourth-order valence-electron chi connectivity index (χ4n) is 3.14. The summed E-state index contributed by atoms with van der Waals surface area (Å²) in [5.74, 6) is -0.973. The maximum Gasteiger partial charge on any atom is 0.255 e. The molecular weight excluding hydrogens is 516 g/mol. The largest absolute Gasteiger partial charge is 0.326 e. The first-order valence-corrected chi connectivity index (χ1v) is 12.8. The van der Waals surface area contributed by atoms with E-state index in [2.05, 4.69) is 21.3 Å². The molecule has 3 aromatic rings. The Kier molecular flexibility index (Phi) is 8.81. The van der Waals surface area contributed by atoms with Crippen LogP contribution in [0.25, 0.3) is 0 Å². The lowest BCUT2D eigenvalue weighted by atomic mass is 9.95. The van der Waals surface area contributed by atoms with Gasteiger partial charge < -0.3 is 21.3 Å². The van der Waals surface area contributed by atoms with Gasteiger partial charge in [-0.25, -0.2) is 0 Å². The maximum atomic E-state index is 12.7. The van der Waals surface area contributed by atoms with E-state index in [0.717, 1.165) is 0 Å². The van der Waals surface area contributed by atoms with Gasteiger partial charge in [0.05, 0.1) is 10.7 Å². The minimum Gasteiger partial charge on any atom is -0.326 e. The number of nitrogens with one attached hydrogen (secondary N) is 4. The summed E-state index contributed by atoms with van der Waals surface area (Å²) in [5, 5.41) is 11.4. The summed E-state index contributed by atoms with van der Waals surface area (Å²) in [6.07, 6.45) is 0. The first-order chi connectivity index (χ1) is 18.1. The monoisotopic (exact) mass is 548 g/mol. The summed E-state index contributed by atoms with van der Waals surface area (Å²) < 4.78 is 0. The first kappa shape index (κ1) is 29.4. The molecule has 0 atom stereocenters. The van der Waals surface area contributed by atoms with Crippen molar-refractivity contribution >= 4 is 58.0 Å². The third-order valence-corrected chi connectivity index (χ3v) is 5.96. The number of halogens is 1. The lowest BCUT2D eigenvalue weighted by Crippen LogP contribution is -2.27. The minimum atomic E-state index is -0.534. The Balaban J connectivity index is 1.60. The average Bonchev–Trinajstić information content (AvgIpc) is 2.85. The van der Waals surface area contributed by atoms with Gasteiger partial charge in [-0.3, -0.25) is 19.2 Å². The van der Waals surface area contributed by atoms with E-state index in [1.54, 1.807) is 60.7 Å². The van der Waals surface area contributed by atoms with Crippen LogP contribution in [0.15, 0.2) is 66.7 Å². The highest BCUT2D eigenvalue weighted by atomic mass is 35.5. The van der Waals surface area contributed by atoms with Crippen molar-refractivity contribution in [3.8, 4) is 0 Å². The van der Waals surface area contributed by atoms with Gasteiger partial charge in [0.1, 0.15) is 0 Å². The Labute approximate surface area is 233 Å². The van der Waals surface area contributed by atoms with E-state index < -0.39 is 10.8 Å². The third-order valence-electron chi connectivity index (χ3n) is 5.65. The minimum absolute atomic E-state index is 0.122. The van der Waals surface area contributed by atoms with E-state index in [9.17, 15) is 19.2 Å². The molecule has 0 saturated carbocycles. The molecule has 9 heteroatoms. The molecule has 0 unspecified atom stereocenters. The number of carbonyl (C=O) groups is 4. The van der Waals surface area contributed by atoms with Crippen LogP contribution >= 0.6 is 11.6 Å². The molecule has 0 aromatic heterocycles. The molecule has 8 nitrogen and oxygen atoms in total. The second kappa shape index (κ2) is 11.7. The molecule has 0 spiro atoms. The predicted molar refractivity (Wildman–Crippen MR) is 156 cm³/mol. The van der Waals surface area contributed by atoms with E-state index in [4.69, 9.17) is 11.6 Å². The van der Waals surface area contributed by atoms with Crippen LogP contribution in [0.1, 0.15) is 62.3 Å². The Bertz CT molecular complexity index is 1390. The number of amides is 4. The molecule has 0 heterocycles. The summed E-state index contributed by atoms with van der Waals surface area (Å²) in [6, 6.07) is 17.8. The van der Waals surface area contributed by atoms with Crippen LogP contribution in [-0.2, 0) is 9.59 Å². The van der Waals surface area contributed by atoms with E-state index in [-0.39, 0.29) is 28.7 Å². The molecule has 0 saturated heterocycles. The van der Waals surface area contributed by atoms with Crippen LogP contribution in [0.3, 0.4) is 0 Å². The standard InChI is InChI=1S/C30H33ClN4O4/c1-29(2,3)27(38)33-20-11-7-18(8-12-20)25(36)32-22-15-16-24(23(31)17-22)35-26(37)19-9-13-21(14-10-19)34-28(39)30(4,5)6/h7-17H,1-6H3,(H,32,36)(H,33,38)(H,34,39)(H,35,37). The van der Waals surface area contributed by atoms with Crippen molar-refractivity contribution in [2.45, 2.75) is 41.5 Å². The normalized spacial score (nSPS) is 11.4. The first-order valence-electron chi connectivity index (χ1n) is 12.4. The van der Waals surface area contributed by atoms with E-state index in [0.29, 0.717) is 33.9 Å². The molecule has 3 aromatic carbocycles. The smallest absolute Gasteiger partial charge is 0.255 e. The number of anilines is 4. The molecule has 0 bridgehead atoms. The molecule has 0 aliphatic carbocycles. The number of rotatable bonds is 6. The van der Waals surface area contributed by atoms with Crippen molar-refractivity contribution in [2.75, 3.05) is 21.3 Å². The SMILES string of the molecule is CC(C)(C)C(=O)Nc1ccc(C(=O)Nc2ccc(NC(=O)c3ccc(NC(=O)C(C)(C)C)cc3)c(Cl)c2)cc1. The highest BCUT2D eigenvalue weighted by Crippen LogP contribution is 2.27. The number of benzene rings is 3. The fourth-order valence-corrected chi connectivity index (χ4v) is 3.37. The van der Waals surface area contributed by atoms with Crippen LogP contribution in [0.2, 0.25) is 5.02 Å². The lowest BCUT2D eigenvalue weighted by Gasteiger charge is -2.17. The van der Waals surface area contributed by atoms with Crippen molar-refractivity contribution < 1.29 is 19.2 Å². The Morgan fingerprint density at radius 1 is 0.538 bits per heavy atom. The van der Waals surface area contributed by atoms with E-state index in [1.165, 1.54) is 6.07 Å². The van der Waals surface area contributed by atoms with Gasteiger partial charge in [-0.05, 0) is 66.7 Å². The predicted octanol–water partition coefficient (Wildman–Crippen LogP) is 6.81. The Morgan fingerprint density at radius 3 is 1.31 bits per heavy atom. The molecular formula is C30H33ClN4O4. The van der Waals surface area contributed by atoms with Crippen molar-refractivity contribution in [3.63, 3.8) is 0 Å². The van der Waals surface area contributed by atoms with E-state index in [1.807, 2.05) is 41.5 Å². The quantitative estimate of drug-likeness (QED) is 0.270. The highest BCUT2D eigenvalue weighted by molar-refractivity contribution is 6.34.